The Morgan fingerprint density at radius 1 is 0.167 bits per heavy atom. The molecule has 0 aromatic heterocycles. The fourth-order valence-electron chi connectivity index (χ4n) is 1.15. The molecular weight excluding hydrogens is 448 g/mol. The summed E-state index contributed by atoms with van der Waals surface area (Å²) in [5.74, 6) is 0. The van der Waals surface area contributed by atoms with Gasteiger partial charge in [0.15, 0.2) is 0 Å². The number of aliphatic hydroxyl groups excluding tert-OH is 4. The minimum atomic E-state index is 1.00. The van der Waals surface area contributed by atoms with E-state index in [2.05, 4.69) is 0 Å². The molecule has 0 aliphatic heterocycles. The van der Waals surface area contributed by atoms with Gasteiger partial charge in [0.1, 0.15) is 0 Å². The molecule has 0 saturated heterocycles. The van der Waals surface area contributed by atoms with E-state index < -0.39 is 0 Å². The number of aliphatic hydroxyl groups is 4. The number of hydrogen-bond donors (Lipinski definition) is 4. The second-order valence-corrected chi connectivity index (χ2v) is 3.46. The van der Waals surface area contributed by atoms with E-state index in [0.717, 1.165) is 28.4 Å². The normalized spacial score (nSPS) is 5.50. The van der Waals surface area contributed by atoms with E-state index in [4.69, 9.17) is 20.4 Å². The van der Waals surface area contributed by atoms with Crippen molar-refractivity contribution in [3.8, 4) is 0 Å². The van der Waals surface area contributed by atoms with Crippen molar-refractivity contribution >= 4 is 0 Å². The molecule has 0 spiro atoms. The lowest BCUT2D eigenvalue weighted by atomic mass is 10.4. The van der Waals surface area contributed by atoms with Gasteiger partial charge in [-0.1, -0.05) is 178 Å². The first-order chi connectivity index (χ1) is 18.0. The van der Waals surface area contributed by atoms with Gasteiger partial charge in [-0.2, -0.15) is 0 Å². The lowest BCUT2D eigenvalue weighted by molar-refractivity contribution is 0.399. The first-order valence-electron chi connectivity index (χ1n) is 12.8. The van der Waals surface area contributed by atoms with Crippen molar-refractivity contribution < 1.29 is 20.4 Å². The summed E-state index contributed by atoms with van der Waals surface area (Å²) in [5, 5.41) is 28.0. The van der Waals surface area contributed by atoms with Gasteiger partial charge in [0.25, 0.3) is 0 Å². The molecule has 4 N–H and O–H groups in total. The standard InChI is InChI=1S/3C6H6.5C2H6.4CH4O/c3*1-2-4-6-5-3-1;9*1-2/h3*1-6H;5*1-2H3;4*2H,1H3. The lowest BCUT2D eigenvalue weighted by Crippen LogP contribution is -1.47. The van der Waals surface area contributed by atoms with Gasteiger partial charge in [-0.15, -0.1) is 0 Å². The third-order valence-electron chi connectivity index (χ3n) is 2.00. The lowest BCUT2D eigenvalue weighted by Gasteiger charge is -1.69. The topological polar surface area (TPSA) is 80.9 Å². The van der Waals surface area contributed by atoms with Crippen molar-refractivity contribution in [2.45, 2.75) is 69.2 Å². The average molecular weight is 513 g/mol. The zero-order valence-electron chi connectivity index (χ0n) is 26.2. The summed E-state index contributed by atoms with van der Waals surface area (Å²) in [4.78, 5) is 0. The zero-order chi connectivity index (χ0) is 30.7. The Morgan fingerprint density at radius 3 is 0.222 bits per heavy atom. The van der Waals surface area contributed by atoms with Gasteiger partial charge in [0.2, 0.25) is 0 Å². The van der Waals surface area contributed by atoms with Crippen LogP contribution in [-0.4, -0.2) is 48.9 Å². The summed E-state index contributed by atoms with van der Waals surface area (Å²) in [5.41, 5.74) is 0. The molecule has 0 heterocycles. The summed E-state index contributed by atoms with van der Waals surface area (Å²) in [6.45, 7) is 20.0. The third-order valence-corrected chi connectivity index (χ3v) is 2.00. The summed E-state index contributed by atoms with van der Waals surface area (Å²) >= 11 is 0. The van der Waals surface area contributed by atoms with Gasteiger partial charge in [0.05, 0.1) is 0 Å². The number of hydrogen-bond acceptors (Lipinski definition) is 4. The van der Waals surface area contributed by atoms with Crippen LogP contribution in [0.25, 0.3) is 0 Å². The molecule has 0 aliphatic rings. The van der Waals surface area contributed by atoms with Crippen molar-refractivity contribution in [3.05, 3.63) is 109 Å². The molecule has 4 nitrogen and oxygen atoms in total. The Kier molecular flexibility index (Phi) is 220. The quantitative estimate of drug-likeness (QED) is 0.243. The number of rotatable bonds is 0. The van der Waals surface area contributed by atoms with Crippen LogP contribution in [0.15, 0.2) is 109 Å². The molecule has 0 radical (unpaired) electrons. The maximum Gasteiger partial charge on any atom is 0.0319 e. The summed E-state index contributed by atoms with van der Waals surface area (Å²) < 4.78 is 0. The van der Waals surface area contributed by atoms with Gasteiger partial charge < -0.3 is 20.4 Å². The highest BCUT2D eigenvalue weighted by Gasteiger charge is 1.59. The molecule has 36 heavy (non-hydrogen) atoms. The number of benzene rings is 3. The van der Waals surface area contributed by atoms with Crippen LogP contribution >= 0.6 is 0 Å². The van der Waals surface area contributed by atoms with Gasteiger partial charge in [-0.3, -0.25) is 0 Å². The first-order valence-corrected chi connectivity index (χ1v) is 12.8. The van der Waals surface area contributed by atoms with Crippen molar-refractivity contribution in [2.24, 2.45) is 0 Å². The van der Waals surface area contributed by atoms with Crippen LogP contribution in [0.5, 0.6) is 0 Å². The molecule has 0 fully saturated rings. The fraction of sp³-hybridized carbons (Fsp3) is 0.438. The summed E-state index contributed by atoms with van der Waals surface area (Å²) in [6.07, 6.45) is 0. The van der Waals surface area contributed by atoms with Crippen LogP contribution in [0.2, 0.25) is 0 Å². The largest absolute Gasteiger partial charge is 0.400 e. The second kappa shape index (κ2) is 134. The molecule has 0 saturated carbocycles. The molecule has 216 valence electrons. The van der Waals surface area contributed by atoms with E-state index in [1.807, 2.05) is 178 Å². The van der Waals surface area contributed by atoms with Crippen molar-refractivity contribution in [2.75, 3.05) is 28.4 Å². The molecule has 0 aliphatic carbocycles. The van der Waals surface area contributed by atoms with Crippen LogP contribution < -0.4 is 0 Å². The third kappa shape index (κ3) is 122. The minimum Gasteiger partial charge on any atom is -0.400 e. The average Bonchev–Trinajstić information content (AvgIpc) is 3.09. The maximum atomic E-state index is 7.00. The van der Waals surface area contributed by atoms with E-state index >= 15 is 0 Å². The van der Waals surface area contributed by atoms with E-state index in [9.17, 15) is 0 Å². The Bertz CT molecular complexity index is 309. The smallest absolute Gasteiger partial charge is 0.0319 e. The Morgan fingerprint density at radius 2 is 0.194 bits per heavy atom. The van der Waals surface area contributed by atoms with Crippen molar-refractivity contribution in [1.82, 2.24) is 0 Å². The zero-order valence-corrected chi connectivity index (χ0v) is 26.2. The van der Waals surface area contributed by atoms with Gasteiger partial charge in [0, 0.05) is 28.4 Å². The van der Waals surface area contributed by atoms with E-state index in [1.54, 1.807) is 0 Å². The highest BCUT2D eigenvalue weighted by Crippen LogP contribution is 1.81. The molecule has 0 amide bonds. The van der Waals surface area contributed by atoms with Crippen LogP contribution in [-0.2, 0) is 0 Å². The van der Waals surface area contributed by atoms with Crippen molar-refractivity contribution in [3.63, 3.8) is 0 Å². The van der Waals surface area contributed by atoms with Crippen LogP contribution in [0.3, 0.4) is 0 Å². The molecule has 4 heteroatoms. The highest BCUT2D eigenvalue weighted by atomic mass is 16.2. The minimum absolute atomic E-state index is 1.00. The van der Waals surface area contributed by atoms with Gasteiger partial charge in [-0.25, -0.2) is 0 Å². The molecular formula is C32H64O4. The van der Waals surface area contributed by atoms with E-state index in [0.29, 0.717) is 0 Å². The predicted molar refractivity (Wildman–Crippen MR) is 169 cm³/mol. The maximum absolute atomic E-state index is 7.00. The molecule has 3 aromatic rings. The highest BCUT2D eigenvalue weighted by molar-refractivity contribution is 5.00. The predicted octanol–water partition coefficient (Wildman–Crippen LogP) is 8.62. The van der Waals surface area contributed by atoms with Gasteiger partial charge >= 0.3 is 0 Å². The SMILES string of the molecule is CC.CC.CC.CC.CC.CO.CO.CO.CO.c1ccccc1.c1ccccc1.c1ccccc1. The van der Waals surface area contributed by atoms with Crippen LogP contribution in [0.4, 0.5) is 0 Å². The molecule has 0 unspecified atom stereocenters. The molecule has 0 atom stereocenters. The van der Waals surface area contributed by atoms with Crippen LogP contribution in [0.1, 0.15) is 69.2 Å². The Labute approximate surface area is 227 Å². The van der Waals surface area contributed by atoms with E-state index in [-0.39, 0.29) is 0 Å². The monoisotopic (exact) mass is 512 g/mol. The van der Waals surface area contributed by atoms with Crippen molar-refractivity contribution in [1.29, 1.82) is 0 Å². The Hall–Kier alpha value is -2.50. The molecule has 3 rings (SSSR count). The van der Waals surface area contributed by atoms with E-state index in [1.165, 1.54) is 0 Å². The summed E-state index contributed by atoms with van der Waals surface area (Å²) in [6, 6.07) is 36.0. The molecule has 0 bridgehead atoms. The van der Waals surface area contributed by atoms with Crippen LogP contribution in [0, 0.1) is 0 Å². The Balaban J connectivity index is -0.0000000334. The van der Waals surface area contributed by atoms with Gasteiger partial charge in [-0.05, 0) is 0 Å². The second-order valence-electron chi connectivity index (χ2n) is 3.46. The fourth-order valence-corrected chi connectivity index (χ4v) is 1.15. The first kappa shape index (κ1) is 58.9. The summed E-state index contributed by atoms with van der Waals surface area (Å²) in [7, 11) is 4.00. The molecule has 3 aromatic carbocycles.